The molecule has 1 fully saturated rings. The molecule has 7 heteroatoms. The third kappa shape index (κ3) is 8.36. The minimum Gasteiger partial charge on any atom is -0.423 e. The van der Waals surface area contributed by atoms with Gasteiger partial charge in [-0.2, -0.15) is 0 Å². The largest absolute Gasteiger partial charge is 0.423 e. The SMILES string of the molecule is O=C(Oc1ccccc1CCC(=O)N1CCN(CCCC(c2ccc(F)cc2)c2ccc(F)cc2)CC1)c1ccccc1. The Hall–Kier alpha value is -4.36. The van der Waals surface area contributed by atoms with E-state index in [1.807, 2.05) is 29.2 Å². The molecule has 1 amide bonds. The maximum Gasteiger partial charge on any atom is 0.343 e. The maximum absolute atomic E-state index is 13.5. The van der Waals surface area contributed by atoms with Crippen molar-refractivity contribution < 1.29 is 23.1 Å². The molecule has 4 aromatic rings. The molecule has 4 aromatic carbocycles. The van der Waals surface area contributed by atoms with Crippen LogP contribution in [-0.2, 0) is 11.2 Å². The van der Waals surface area contributed by atoms with Gasteiger partial charge in [0.25, 0.3) is 0 Å². The van der Waals surface area contributed by atoms with Gasteiger partial charge in [-0.1, -0.05) is 60.7 Å². The van der Waals surface area contributed by atoms with E-state index in [1.165, 1.54) is 24.3 Å². The van der Waals surface area contributed by atoms with Crippen LogP contribution in [0.25, 0.3) is 0 Å². The van der Waals surface area contributed by atoms with Crippen LogP contribution in [0.2, 0.25) is 0 Å². The molecule has 0 radical (unpaired) electrons. The highest BCUT2D eigenvalue weighted by molar-refractivity contribution is 5.91. The van der Waals surface area contributed by atoms with E-state index in [4.69, 9.17) is 4.74 Å². The Kier molecular flexibility index (Phi) is 10.3. The highest BCUT2D eigenvalue weighted by Crippen LogP contribution is 2.30. The standard InChI is InChI=1S/C36H36F2N2O3/c37-31-17-12-27(13-18-31)33(28-14-19-32(38)20-15-28)10-6-22-39-23-25-40(26-24-39)35(41)21-16-29-7-4-5-11-34(29)43-36(42)30-8-2-1-3-9-30/h1-5,7-9,11-15,17-20,33H,6,10,16,21-26H2. The normalized spacial score (nSPS) is 13.7. The van der Waals surface area contributed by atoms with E-state index >= 15 is 0 Å². The second-order valence-electron chi connectivity index (χ2n) is 10.9. The lowest BCUT2D eigenvalue weighted by molar-refractivity contribution is -0.132. The van der Waals surface area contributed by atoms with Crippen molar-refractivity contribution in [2.45, 2.75) is 31.6 Å². The molecule has 0 N–H and O–H groups in total. The van der Waals surface area contributed by atoms with Crippen LogP contribution in [0.1, 0.15) is 52.2 Å². The van der Waals surface area contributed by atoms with Crippen molar-refractivity contribution in [1.82, 2.24) is 9.80 Å². The first-order valence-corrected chi connectivity index (χ1v) is 14.8. The fourth-order valence-corrected chi connectivity index (χ4v) is 5.60. The number of amides is 1. The van der Waals surface area contributed by atoms with Crippen molar-refractivity contribution >= 4 is 11.9 Å². The van der Waals surface area contributed by atoms with Gasteiger partial charge in [-0.25, -0.2) is 13.6 Å². The summed E-state index contributed by atoms with van der Waals surface area (Å²) in [5, 5.41) is 0. The number of aryl methyl sites for hydroxylation is 1. The number of esters is 1. The molecule has 1 heterocycles. The number of hydrogen-bond donors (Lipinski definition) is 0. The number of nitrogens with zero attached hydrogens (tertiary/aromatic N) is 2. The van der Waals surface area contributed by atoms with Crippen LogP contribution >= 0.6 is 0 Å². The lowest BCUT2D eigenvalue weighted by Gasteiger charge is -2.35. The van der Waals surface area contributed by atoms with Crippen LogP contribution in [-0.4, -0.2) is 54.4 Å². The van der Waals surface area contributed by atoms with Gasteiger partial charge < -0.3 is 9.64 Å². The first kappa shape index (κ1) is 30.1. The molecule has 1 aliphatic heterocycles. The van der Waals surface area contributed by atoms with Gasteiger partial charge in [0.1, 0.15) is 17.4 Å². The van der Waals surface area contributed by atoms with Crippen LogP contribution in [0.3, 0.4) is 0 Å². The molecule has 0 spiro atoms. The van der Waals surface area contributed by atoms with E-state index in [0.29, 0.717) is 37.2 Å². The molecule has 0 atom stereocenters. The molecule has 1 saturated heterocycles. The van der Waals surface area contributed by atoms with Gasteiger partial charge in [-0.05, 0) is 85.0 Å². The molecule has 0 unspecified atom stereocenters. The fraction of sp³-hybridized carbons (Fsp3) is 0.278. The second-order valence-corrected chi connectivity index (χ2v) is 10.9. The third-order valence-corrected chi connectivity index (χ3v) is 8.03. The number of benzene rings is 4. The van der Waals surface area contributed by atoms with Gasteiger partial charge in [-0.3, -0.25) is 9.69 Å². The van der Waals surface area contributed by atoms with Crippen molar-refractivity contribution in [3.8, 4) is 5.75 Å². The third-order valence-electron chi connectivity index (χ3n) is 8.03. The van der Waals surface area contributed by atoms with Crippen molar-refractivity contribution in [1.29, 1.82) is 0 Å². The minimum atomic E-state index is -0.419. The second kappa shape index (κ2) is 14.7. The molecule has 222 valence electrons. The highest BCUT2D eigenvalue weighted by Gasteiger charge is 2.22. The molecule has 5 rings (SSSR count). The maximum atomic E-state index is 13.5. The van der Waals surface area contributed by atoms with Crippen LogP contribution in [0, 0.1) is 11.6 Å². The van der Waals surface area contributed by atoms with Gasteiger partial charge in [0.2, 0.25) is 5.91 Å². The topological polar surface area (TPSA) is 49.9 Å². The van der Waals surface area contributed by atoms with Crippen LogP contribution in [0.5, 0.6) is 5.75 Å². The van der Waals surface area contributed by atoms with E-state index in [0.717, 1.165) is 49.2 Å². The molecule has 0 saturated carbocycles. The summed E-state index contributed by atoms with van der Waals surface area (Å²) in [4.78, 5) is 29.9. The number of rotatable bonds is 11. The van der Waals surface area contributed by atoms with Crippen molar-refractivity contribution in [3.63, 3.8) is 0 Å². The minimum absolute atomic E-state index is 0.0545. The molecule has 0 bridgehead atoms. The average molecular weight is 583 g/mol. The number of hydrogen-bond acceptors (Lipinski definition) is 4. The van der Waals surface area contributed by atoms with Crippen molar-refractivity contribution in [3.05, 3.63) is 137 Å². The monoisotopic (exact) mass is 582 g/mol. The lowest BCUT2D eigenvalue weighted by atomic mass is 9.87. The van der Waals surface area contributed by atoms with Crippen molar-refractivity contribution in [2.24, 2.45) is 0 Å². The summed E-state index contributed by atoms with van der Waals surface area (Å²) in [5.41, 5.74) is 3.34. The van der Waals surface area contributed by atoms with Crippen LogP contribution in [0.15, 0.2) is 103 Å². The summed E-state index contributed by atoms with van der Waals surface area (Å²) in [6, 6.07) is 29.3. The van der Waals surface area contributed by atoms with E-state index in [2.05, 4.69) is 4.90 Å². The Morgan fingerprint density at radius 1 is 0.721 bits per heavy atom. The molecule has 0 aromatic heterocycles. The molecule has 43 heavy (non-hydrogen) atoms. The summed E-state index contributed by atoms with van der Waals surface area (Å²) in [5.74, 6) is -0.337. The zero-order chi connectivity index (χ0) is 30.0. The lowest BCUT2D eigenvalue weighted by Crippen LogP contribution is -2.48. The molecule has 0 aliphatic carbocycles. The highest BCUT2D eigenvalue weighted by atomic mass is 19.1. The van der Waals surface area contributed by atoms with E-state index in [-0.39, 0.29) is 23.5 Å². The predicted molar refractivity (Wildman–Crippen MR) is 163 cm³/mol. The molecular formula is C36H36F2N2O3. The summed E-state index contributed by atoms with van der Waals surface area (Å²) >= 11 is 0. The van der Waals surface area contributed by atoms with Gasteiger partial charge in [0.05, 0.1) is 5.56 Å². The van der Waals surface area contributed by atoms with Gasteiger partial charge >= 0.3 is 5.97 Å². The molecule has 1 aliphatic rings. The van der Waals surface area contributed by atoms with Crippen LogP contribution < -0.4 is 4.74 Å². The summed E-state index contributed by atoms with van der Waals surface area (Å²) in [6.07, 6.45) is 2.61. The first-order valence-electron chi connectivity index (χ1n) is 14.8. The van der Waals surface area contributed by atoms with E-state index < -0.39 is 5.97 Å². The number of ether oxygens (including phenoxy) is 1. The van der Waals surface area contributed by atoms with Gasteiger partial charge in [-0.15, -0.1) is 0 Å². The Morgan fingerprint density at radius 2 is 1.30 bits per heavy atom. The zero-order valence-electron chi connectivity index (χ0n) is 24.1. The Morgan fingerprint density at radius 3 is 1.93 bits per heavy atom. The Bertz CT molecular complexity index is 1440. The summed E-state index contributed by atoms with van der Waals surface area (Å²) < 4.78 is 32.7. The summed E-state index contributed by atoms with van der Waals surface area (Å²) in [6.45, 7) is 3.83. The Balaban J connectivity index is 1.08. The summed E-state index contributed by atoms with van der Waals surface area (Å²) in [7, 11) is 0. The number of piperazine rings is 1. The number of para-hydroxylation sites is 1. The van der Waals surface area contributed by atoms with Crippen molar-refractivity contribution in [2.75, 3.05) is 32.7 Å². The van der Waals surface area contributed by atoms with Gasteiger partial charge in [0.15, 0.2) is 0 Å². The number of halogens is 2. The van der Waals surface area contributed by atoms with Gasteiger partial charge in [0, 0.05) is 38.5 Å². The Labute approximate surface area is 251 Å². The molecular weight excluding hydrogens is 546 g/mol. The fourth-order valence-electron chi connectivity index (χ4n) is 5.60. The average Bonchev–Trinajstić information content (AvgIpc) is 3.04. The smallest absolute Gasteiger partial charge is 0.343 e. The predicted octanol–water partition coefficient (Wildman–Crippen LogP) is 6.87. The number of carbonyl (C=O) groups is 2. The van der Waals surface area contributed by atoms with E-state index in [9.17, 15) is 18.4 Å². The van der Waals surface area contributed by atoms with Crippen LogP contribution in [0.4, 0.5) is 8.78 Å². The molecule has 5 nitrogen and oxygen atoms in total. The zero-order valence-corrected chi connectivity index (χ0v) is 24.1. The van der Waals surface area contributed by atoms with E-state index in [1.54, 1.807) is 54.6 Å². The quantitative estimate of drug-likeness (QED) is 0.143. The number of carbonyl (C=O) groups excluding carboxylic acids is 2. The first-order chi connectivity index (χ1) is 21.0.